The number of nitrogens with zero attached hydrogens (tertiary/aromatic N) is 1. The maximum absolute atomic E-state index is 12.6. The Labute approximate surface area is 140 Å². The summed E-state index contributed by atoms with van der Waals surface area (Å²) in [5.41, 5.74) is -0.168. The minimum Gasteiger partial charge on any atom is -0.339 e. The van der Waals surface area contributed by atoms with Gasteiger partial charge in [0.15, 0.2) is 0 Å². The maximum Gasteiger partial charge on any atom is 0.253 e. The van der Waals surface area contributed by atoms with Crippen molar-refractivity contribution in [3.8, 4) is 0 Å². The van der Waals surface area contributed by atoms with Crippen LogP contribution in [-0.4, -0.2) is 37.9 Å². The lowest BCUT2D eigenvalue weighted by atomic mass is 10.1. The lowest BCUT2D eigenvalue weighted by Crippen LogP contribution is -2.40. The fraction of sp³-hybridized carbons (Fsp3) is 0.588. The molecule has 0 spiro atoms. The van der Waals surface area contributed by atoms with Crippen LogP contribution < -0.4 is 4.72 Å². The van der Waals surface area contributed by atoms with Crippen molar-refractivity contribution < 1.29 is 13.2 Å². The molecule has 0 aliphatic heterocycles. The molecule has 5 nitrogen and oxygen atoms in total. The molecule has 1 N–H and O–H groups in total. The van der Waals surface area contributed by atoms with Gasteiger partial charge in [-0.1, -0.05) is 19.9 Å². The highest BCUT2D eigenvalue weighted by Crippen LogP contribution is 2.16. The molecule has 6 heteroatoms. The SMILES string of the molecule is CCCN(CCC)C(=O)c1cccc(S(=O)(=O)NC(C)(C)C)c1. The van der Waals surface area contributed by atoms with Crippen LogP contribution in [0.1, 0.15) is 57.8 Å². The maximum atomic E-state index is 12.6. The van der Waals surface area contributed by atoms with Gasteiger partial charge >= 0.3 is 0 Å². The van der Waals surface area contributed by atoms with E-state index in [0.717, 1.165) is 12.8 Å². The van der Waals surface area contributed by atoms with Gasteiger partial charge in [-0.15, -0.1) is 0 Å². The first-order valence-corrected chi connectivity index (χ1v) is 9.52. The van der Waals surface area contributed by atoms with Crippen molar-refractivity contribution in [1.82, 2.24) is 9.62 Å². The van der Waals surface area contributed by atoms with Crippen molar-refractivity contribution in [2.75, 3.05) is 13.1 Å². The third kappa shape index (κ3) is 5.95. The highest BCUT2D eigenvalue weighted by molar-refractivity contribution is 7.89. The summed E-state index contributed by atoms with van der Waals surface area (Å²) < 4.78 is 27.4. The number of amides is 1. The Morgan fingerprint density at radius 2 is 1.70 bits per heavy atom. The standard InChI is InChI=1S/C17H28N2O3S/c1-6-11-19(12-7-2)16(20)14-9-8-10-15(13-14)23(21,22)18-17(3,4)5/h8-10,13,18H,6-7,11-12H2,1-5H3. The molecule has 0 aromatic heterocycles. The number of sulfonamides is 1. The van der Waals surface area contributed by atoms with Gasteiger partial charge in [0, 0.05) is 24.2 Å². The second-order valence-electron chi connectivity index (χ2n) is 6.68. The van der Waals surface area contributed by atoms with Crippen LogP contribution in [0.2, 0.25) is 0 Å². The van der Waals surface area contributed by atoms with Crippen LogP contribution in [0, 0.1) is 0 Å². The fourth-order valence-corrected chi connectivity index (χ4v) is 3.76. The number of hydrogen-bond donors (Lipinski definition) is 1. The van der Waals surface area contributed by atoms with E-state index in [9.17, 15) is 13.2 Å². The summed E-state index contributed by atoms with van der Waals surface area (Å²) in [4.78, 5) is 14.5. The average molecular weight is 340 g/mol. The van der Waals surface area contributed by atoms with Crippen molar-refractivity contribution in [3.05, 3.63) is 29.8 Å². The Bertz CT molecular complexity index is 627. The van der Waals surface area contributed by atoms with Gasteiger partial charge in [0.05, 0.1) is 4.90 Å². The molecule has 1 rings (SSSR count). The minimum atomic E-state index is -3.65. The fourth-order valence-electron chi connectivity index (χ4n) is 2.30. The molecule has 130 valence electrons. The van der Waals surface area contributed by atoms with Crippen molar-refractivity contribution >= 4 is 15.9 Å². The van der Waals surface area contributed by atoms with Crippen LogP contribution in [0.15, 0.2) is 29.2 Å². The van der Waals surface area contributed by atoms with E-state index in [0.29, 0.717) is 18.7 Å². The molecule has 0 radical (unpaired) electrons. The topological polar surface area (TPSA) is 66.5 Å². The van der Waals surface area contributed by atoms with Crippen LogP contribution >= 0.6 is 0 Å². The van der Waals surface area contributed by atoms with Crippen LogP contribution in [-0.2, 0) is 10.0 Å². The van der Waals surface area contributed by atoms with E-state index < -0.39 is 15.6 Å². The summed E-state index contributed by atoms with van der Waals surface area (Å²) in [5.74, 6) is -0.124. The molecule has 1 aromatic rings. The van der Waals surface area contributed by atoms with Crippen LogP contribution in [0.3, 0.4) is 0 Å². The summed E-state index contributed by atoms with van der Waals surface area (Å²) in [6.45, 7) is 10.7. The number of nitrogens with one attached hydrogen (secondary N) is 1. The van der Waals surface area contributed by atoms with Gasteiger partial charge < -0.3 is 4.90 Å². The van der Waals surface area contributed by atoms with Gasteiger partial charge in [-0.05, 0) is 51.8 Å². The molecule has 0 atom stereocenters. The minimum absolute atomic E-state index is 0.117. The van der Waals surface area contributed by atoms with E-state index in [1.165, 1.54) is 12.1 Å². The average Bonchev–Trinajstić information content (AvgIpc) is 2.44. The van der Waals surface area contributed by atoms with E-state index >= 15 is 0 Å². The number of carbonyl (C=O) groups excluding carboxylic acids is 1. The molecule has 0 saturated carbocycles. The summed E-state index contributed by atoms with van der Waals surface area (Å²) >= 11 is 0. The molecule has 1 amide bonds. The number of carbonyl (C=O) groups is 1. The Hall–Kier alpha value is -1.40. The molecule has 0 heterocycles. The third-order valence-corrected chi connectivity index (χ3v) is 4.86. The first kappa shape index (κ1) is 19.6. The van der Waals surface area contributed by atoms with Crippen molar-refractivity contribution in [3.63, 3.8) is 0 Å². The predicted molar refractivity (Wildman–Crippen MR) is 93.0 cm³/mol. The lowest BCUT2D eigenvalue weighted by molar-refractivity contribution is 0.0755. The summed E-state index contributed by atoms with van der Waals surface area (Å²) in [5, 5.41) is 0. The van der Waals surface area contributed by atoms with E-state index in [1.54, 1.807) is 37.8 Å². The Morgan fingerprint density at radius 3 is 2.17 bits per heavy atom. The normalized spacial score (nSPS) is 12.2. The Kier molecular flexibility index (Phi) is 6.77. The van der Waals surface area contributed by atoms with Gasteiger partial charge in [-0.3, -0.25) is 4.79 Å². The molecule has 0 aliphatic carbocycles. The molecule has 0 fully saturated rings. The second-order valence-corrected chi connectivity index (χ2v) is 8.36. The molecule has 1 aromatic carbocycles. The van der Waals surface area contributed by atoms with Gasteiger partial charge in [-0.2, -0.15) is 0 Å². The van der Waals surface area contributed by atoms with Gasteiger partial charge in [0.2, 0.25) is 10.0 Å². The molecule has 23 heavy (non-hydrogen) atoms. The zero-order valence-electron chi connectivity index (χ0n) is 14.7. The molecule has 0 aliphatic rings. The van der Waals surface area contributed by atoms with Gasteiger partial charge in [0.1, 0.15) is 0 Å². The Balaban J connectivity index is 3.11. The largest absolute Gasteiger partial charge is 0.339 e. The smallest absolute Gasteiger partial charge is 0.253 e. The molecule has 0 saturated heterocycles. The first-order valence-electron chi connectivity index (χ1n) is 8.04. The van der Waals surface area contributed by atoms with Crippen molar-refractivity contribution in [2.45, 2.75) is 57.9 Å². The van der Waals surface area contributed by atoms with Gasteiger partial charge in [0.25, 0.3) is 5.91 Å². The zero-order valence-corrected chi connectivity index (χ0v) is 15.5. The second kappa shape index (κ2) is 7.93. The van der Waals surface area contributed by atoms with E-state index in [1.807, 2.05) is 13.8 Å². The molecule has 0 unspecified atom stereocenters. The van der Waals surface area contributed by atoms with Crippen molar-refractivity contribution in [1.29, 1.82) is 0 Å². The molecular formula is C17H28N2O3S. The number of hydrogen-bond acceptors (Lipinski definition) is 3. The summed E-state index contributed by atoms with van der Waals surface area (Å²) in [7, 11) is -3.65. The number of rotatable bonds is 7. The monoisotopic (exact) mass is 340 g/mol. The van der Waals surface area contributed by atoms with Crippen molar-refractivity contribution in [2.24, 2.45) is 0 Å². The summed E-state index contributed by atoms with van der Waals surface area (Å²) in [6, 6.07) is 6.24. The highest BCUT2D eigenvalue weighted by atomic mass is 32.2. The molecule has 0 bridgehead atoms. The van der Waals surface area contributed by atoms with E-state index in [2.05, 4.69) is 4.72 Å². The zero-order chi connectivity index (χ0) is 17.7. The molecular weight excluding hydrogens is 312 g/mol. The highest BCUT2D eigenvalue weighted by Gasteiger charge is 2.23. The summed E-state index contributed by atoms with van der Waals surface area (Å²) in [6.07, 6.45) is 1.74. The third-order valence-electron chi connectivity index (χ3n) is 3.11. The number of benzene rings is 1. The van der Waals surface area contributed by atoms with Gasteiger partial charge in [-0.25, -0.2) is 13.1 Å². The van der Waals surface area contributed by atoms with E-state index in [4.69, 9.17) is 0 Å². The van der Waals surface area contributed by atoms with Crippen LogP contribution in [0.4, 0.5) is 0 Å². The van der Waals surface area contributed by atoms with E-state index in [-0.39, 0.29) is 10.8 Å². The lowest BCUT2D eigenvalue weighted by Gasteiger charge is -2.23. The quantitative estimate of drug-likeness (QED) is 0.829. The van der Waals surface area contributed by atoms with Crippen LogP contribution in [0.5, 0.6) is 0 Å². The Morgan fingerprint density at radius 1 is 1.13 bits per heavy atom. The first-order chi connectivity index (χ1) is 10.6. The predicted octanol–water partition coefficient (Wildman–Crippen LogP) is 3.03. The van der Waals surface area contributed by atoms with Crippen LogP contribution in [0.25, 0.3) is 0 Å².